The smallest absolute Gasteiger partial charge is 0.263 e. The van der Waals surface area contributed by atoms with Crippen LogP contribution in [0.4, 0.5) is 5.82 Å². The molecule has 1 N–H and O–H groups in total. The molecular formula is C16H19N5O. The molecule has 22 heavy (non-hydrogen) atoms. The molecule has 0 fully saturated rings. The first-order chi connectivity index (χ1) is 10.7. The molecule has 3 rings (SSSR count). The highest BCUT2D eigenvalue weighted by atomic mass is 16.5. The normalized spacial score (nSPS) is 11.2. The third-order valence-electron chi connectivity index (χ3n) is 3.52. The summed E-state index contributed by atoms with van der Waals surface area (Å²) < 4.78 is 5.14. The molecular weight excluding hydrogens is 278 g/mol. The number of rotatable bonds is 6. The summed E-state index contributed by atoms with van der Waals surface area (Å²) in [6.07, 6.45) is 1.49. The van der Waals surface area contributed by atoms with Gasteiger partial charge in [0.2, 0.25) is 0 Å². The van der Waals surface area contributed by atoms with Gasteiger partial charge in [0.05, 0.1) is 5.69 Å². The van der Waals surface area contributed by atoms with Crippen LogP contribution >= 0.6 is 0 Å². The molecule has 0 radical (unpaired) electrons. The van der Waals surface area contributed by atoms with Gasteiger partial charge in [-0.25, -0.2) is 4.98 Å². The van der Waals surface area contributed by atoms with Crippen LogP contribution in [0.15, 0.2) is 41.2 Å². The van der Waals surface area contributed by atoms with E-state index in [9.17, 15) is 0 Å². The molecule has 0 aliphatic heterocycles. The maximum Gasteiger partial charge on any atom is 0.263 e. The van der Waals surface area contributed by atoms with Crippen molar-refractivity contribution in [3.05, 3.63) is 47.9 Å². The molecule has 0 atom stereocenters. The molecule has 114 valence electrons. The molecule has 2 heterocycles. The summed E-state index contributed by atoms with van der Waals surface area (Å²) in [7, 11) is 2.11. The highest BCUT2D eigenvalue weighted by Gasteiger charge is 2.11. The number of nitrogens with zero attached hydrogens (tertiary/aromatic N) is 4. The Kier molecular flexibility index (Phi) is 4.29. The van der Waals surface area contributed by atoms with Gasteiger partial charge < -0.3 is 14.7 Å². The summed E-state index contributed by atoms with van der Waals surface area (Å²) in [5.74, 6) is 0.775. The Hall–Kier alpha value is -2.47. The molecule has 0 spiro atoms. The van der Waals surface area contributed by atoms with Gasteiger partial charge in [-0.05, 0) is 19.5 Å². The molecule has 6 nitrogen and oxygen atoms in total. The van der Waals surface area contributed by atoms with Crippen LogP contribution < -0.4 is 5.32 Å². The van der Waals surface area contributed by atoms with Gasteiger partial charge in [0.1, 0.15) is 17.5 Å². The fraction of sp³-hybridized carbons (Fsp3) is 0.312. The average molecular weight is 297 g/mol. The van der Waals surface area contributed by atoms with Crippen LogP contribution in [-0.2, 0) is 6.54 Å². The van der Waals surface area contributed by atoms with Crippen LogP contribution in [0.2, 0.25) is 0 Å². The maximum atomic E-state index is 5.14. The largest absolute Gasteiger partial charge is 0.368 e. The Morgan fingerprint density at radius 2 is 2.00 bits per heavy atom. The van der Waals surface area contributed by atoms with Gasteiger partial charge >= 0.3 is 0 Å². The highest BCUT2D eigenvalue weighted by molar-refractivity contribution is 5.87. The van der Waals surface area contributed by atoms with Crippen LogP contribution in [0.5, 0.6) is 0 Å². The molecule has 0 saturated carbocycles. The minimum atomic E-state index is 0.521. The van der Waals surface area contributed by atoms with E-state index in [2.05, 4.69) is 56.7 Å². The van der Waals surface area contributed by atoms with Gasteiger partial charge in [0.25, 0.3) is 5.71 Å². The third-order valence-corrected chi connectivity index (χ3v) is 3.52. The molecule has 0 unspecified atom stereocenters. The average Bonchev–Trinajstić information content (AvgIpc) is 2.91. The fourth-order valence-corrected chi connectivity index (χ4v) is 2.40. The number of hydrogen-bond donors (Lipinski definition) is 1. The number of likely N-dealkylation sites (N-methyl/N-ethyl adjacent to an activating group) is 1. The monoisotopic (exact) mass is 297 g/mol. The van der Waals surface area contributed by atoms with Crippen molar-refractivity contribution in [3.8, 4) is 0 Å². The number of benzene rings is 1. The summed E-state index contributed by atoms with van der Waals surface area (Å²) in [4.78, 5) is 10.6. The van der Waals surface area contributed by atoms with Gasteiger partial charge in [-0.3, -0.25) is 0 Å². The van der Waals surface area contributed by atoms with E-state index in [1.54, 1.807) is 0 Å². The molecule has 0 bridgehead atoms. The lowest BCUT2D eigenvalue weighted by Crippen LogP contribution is -2.25. The lowest BCUT2D eigenvalue weighted by molar-refractivity contribution is 0.340. The highest BCUT2D eigenvalue weighted by Crippen LogP contribution is 2.21. The van der Waals surface area contributed by atoms with E-state index in [1.165, 1.54) is 11.9 Å². The van der Waals surface area contributed by atoms with Crippen molar-refractivity contribution in [1.82, 2.24) is 20.0 Å². The predicted molar refractivity (Wildman–Crippen MR) is 85.6 cm³/mol. The van der Waals surface area contributed by atoms with Crippen molar-refractivity contribution in [3.63, 3.8) is 0 Å². The van der Waals surface area contributed by atoms with E-state index >= 15 is 0 Å². The van der Waals surface area contributed by atoms with Crippen molar-refractivity contribution < 1.29 is 4.52 Å². The number of aryl methyl sites for hydroxylation is 1. The minimum absolute atomic E-state index is 0.521. The van der Waals surface area contributed by atoms with Gasteiger partial charge in [0.15, 0.2) is 0 Å². The minimum Gasteiger partial charge on any atom is -0.368 e. The number of nitrogens with one attached hydrogen (secondary N) is 1. The van der Waals surface area contributed by atoms with Crippen LogP contribution in [-0.4, -0.2) is 40.2 Å². The van der Waals surface area contributed by atoms with E-state index in [0.717, 1.165) is 36.5 Å². The second kappa shape index (κ2) is 6.53. The number of fused-ring (bicyclic) bond motifs is 1. The third kappa shape index (κ3) is 3.23. The van der Waals surface area contributed by atoms with Crippen LogP contribution in [0.25, 0.3) is 11.1 Å². The zero-order valence-corrected chi connectivity index (χ0v) is 12.8. The van der Waals surface area contributed by atoms with E-state index < -0.39 is 0 Å². The molecule has 1 aromatic carbocycles. The summed E-state index contributed by atoms with van der Waals surface area (Å²) in [5, 5.41) is 8.12. The molecule has 2 aromatic heterocycles. The van der Waals surface area contributed by atoms with Gasteiger partial charge in [0, 0.05) is 19.6 Å². The standard InChI is InChI=1S/C16H19N5O/c1-12-14-15(18-11-19-16(14)22-20-12)17-8-9-21(2)10-13-6-4-3-5-7-13/h3-7,11H,8-10H2,1-2H3,(H,17,18,19). The Labute approximate surface area is 129 Å². The summed E-state index contributed by atoms with van der Waals surface area (Å²) >= 11 is 0. The fourth-order valence-electron chi connectivity index (χ4n) is 2.40. The predicted octanol–water partition coefficient (Wildman–Crippen LogP) is 2.47. The zero-order chi connectivity index (χ0) is 15.4. The zero-order valence-electron chi connectivity index (χ0n) is 12.8. The molecule has 0 saturated heterocycles. The summed E-state index contributed by atoms with van der Waals surface area (Å²) in [6, 6.07) is 10.4. The number of anilines is 1. The second-order valence-corrected chi connectivity index (χ2v) is 5.32. The summed E-state index contributed by atoms with van der Waals surface area (Å²) in [6.45, 7) is 4.51. The Bertz CT molecular complexity index is 741. The van der Waals surface area contributed by atoms with E-state index in [4.69, 9.17) is 4.52 Å². The van der Waals surface area contributed by atoms with E-state index in [0.29, 0.717) is 5.71 Å². The molecule has 0 amide bonds. The number of hydrogen-bond acceptors (Lipinski definition) is 6. The first-order valence-electron chi connectivity index (χ1n) is 7.27. The molecule has 6 heteroatoms. The van der Waals surface area contributed by atoms with Crippen molar-refractivity contribution in [2.75, 3.05) is 25.5 Å². The quantitative estimate of drug-likeness (QED) is 0.754. The van der Waals surface area contributed by atoms with Crippen molar-refractivity contribution in [1.29, 1.82) is 0 Å². The topological polar surface area (TPSA) is 67.1 Å². The SMILES string of the molecule is Cc1noc2ncnc(NCCN(C)Cc3ccccc3)c12. The molecule has 0 aliphatic rings. The molecule has 3 aromatic rings. The maximum absolute atomic E-state index is 5.14. The van der Waals surface area contributed by atoms with Crippen LogP contribution in [0.1, 0.15) is 11.3 Å². The van der Waals surface area contributed by atoms with E-state index in [1.807, 2.05) is 13.0 Å². The van der Waals surface area contributed by atoms with Crippen LogP contribution in [0, 0.1) is 6.92 Å². The lowest BCUT2D eigenvalue weighted by atomic mass is 10.2. The van der Waals surface area contributed by atoms with Crippen molar-refractivity contribution in [2.45, 2.75) is 13.5 Å². The first kappa shape index (κ1) is 14.5. The first-order valence-corrected chi connectivity index (χ1v) is 7.27. The number of aromatic nitrogens is 3. The van der Waals surface area contributed by atoms with Crippen LogP contribution in [0.3, 0.4) is 0 Å². The van der Waals surface area contributed by atoms with Gasteiger partial charge in [-0.2, -0.15) is 4.98 Å². The second-order valence-electron chi connectivity index (χ2n) is 5.32. The molecule has 0 aliphatic carbocycles. The Morgan fingerprint density at radius 1 is 1.18 bits per heavy atom. The van der Waals surface area contributed by atoms with Crippen molar-refractivity contribution in [2.24, 2.45) is 0 Å². The summed E-state index contributed by atoms with van der Waals surface area (Å²) in [5.41, 5.74) is 2.63. The van der Waals surface area contributed by atoms with Gasteiger partial charge in [-0.1, -0.05) is 35.5 Å². The lowest BCUT2D eigenvalue weighted by Gasteiger charge is -2.17. The Morgan fingerprint density at radius 3 is 2.82 bits per heavy atom. The Balaban J connectivity index is 1.57. The van der Waals surface area contributed by atoms with E-state index in [-0.39, 0.29) is 0 Å². The van der Waals surface area contributed by atoms with Gasteiger partial charge in [-0.15, -0.1) is 0 Å². The van der Waals surface area contributed by atoms with Crippen molar-refractivity contribution >= 4 is 16.9 Å².